The zero-order chi connectivity index (χ0) is 26.6. The third-order valence-corrected chi connectivity index (χ3v) is 6.75. The molecule has 5 nitrogen and oxygen atoms in total. The summed E-state index contributed by atoms with van der Waals surface area (Å²) in [6.07, 6.45) is -1.38. The summed E-state index contributed by atoms with van der Waals surface area (Å²) in [6, 6.07) is 16.4. The monoisotopic (exact) mass is 513 g/mol. The molecule has 1 atom stereocenters. The Balaban J connectivity index is 1.43. The number of halogens is 3. The van der Waals surface area contributed by atoms with Crippen molar-refractivity contribution in [3.8, 4) is 16.9 Å². The second-order valence-corrected chi connectivity index (χ2v) is 10.1. The average Bonchev–Trinajstić information content (AvgIpc) is 2.85. The molecule has 8 heteroatoms. The Kier molecular flexibility index (Phi) is 8.21. The molecule has 1 aliphatic rings. The van der Waals surface area contributed by atoms with Gasteiger partial charge in [0, 0.05) is 57.2 Å². The lowest BCUT2D eigenvalue weighted by Gasteiger charge is -2.34. The van der Waals surface area contributed by atoms with Gasteiger partial charge in [0.25, 0.3) is 0 Å². The van der Waals surface area contributed by atoms with E-state index in [1.807, 2.05) is 38.4 Å². The van der Waals surface area contributed by atoms with Crippen LogP contribution in [0.5, 0.6) is 5.75 Å². The summed E-state index contributed by atoms with van der Waals surface area (Å²) in [7, 11) is 0. The number of pyridine rings is 1. The van der Waals surface area contributed by atoms with Gasteiger partial charge < -0.3 is 9.84 Å². The van der Waals surface area contributed by atoms with Gasteiger partial charge in [0.15, 0.2) is 5.60 Å². The van der Waals surface area contributed by atoms with Crippen molar-refractivity contribution < 1.29 is 23.0 Å². The Morgan fingerprint density at radius 1 is 0.865 bits per heavy atom. The van der Waals surface area contributed by atoms with E-state index in [1.165, 1.54) is 23.3 Å². The van der Waals surface area contributed by atoms with Crippen molar-refractivity contribution in [2.45, 2.75) is 51.7 Å². The number of hydrogen-bond acceptors (Lipinski definition) is 5. The van der Waals surface area contributed by atoms with Gasteiger partial charge >= 0.3 is 6.18 Å². The molecule has 1 fully saturated rings. The van der Waals surface area contributed by atoms with Gasteiger partial charge in [0.2, 0.25) is 0 Å². The first kappa shape index (κ1) is 27.1. The van der Waals surface area contributed by atoms with Gasteiger partial charge in [-0.2, -0.15) is 13.2 Å². The van der Waals surface area contributed by atoms with Gasteiger partial charge in [0.1, 0.15) is 5.75 Å². The van der Waals surface area contributed by atoms with Gasteiger partial charge in [-0.15, -0.1) is 0 Å². The predicted molar refractivity (Wildman–Crippen MR) is 138 cm³/mol. The zero-order valence-electron chi connectivity index (χ0n) is 21.5. The number of ether oxygens (including phenoxy) is 1. The van der Waals surface area contributed by atoms with Crippen LogP contribution in [0, 0.1) is 0 Å². The minimum Gasteiger partial charge on any atom is -0.490 e. The molecule has 1 N–H and O–H groups in total. The van der Waals surface area contributed by atoms with Crippen molar-refractivity contribution in [1.29, 1.82) is 0 Å². The van der Waals surface area contributed by atoms with Crippen molar-refractivity contribution in [2.24, 2.45) is 0 Å². The molecule has 0 radical (unpaired) electrons. The van der Waals surface area contributed by atoms with E-state index in [9.17, 15) is 18.3 Å². The fraction of sp³-hybridized carbons (Fsp3) is 0.414. The standard InChI is InChI=1S/C29H34F3N3O2/c1-21(2)37-27-18-25(28(3,36)29(30,31)32)8-9-26(27)24-6-4-22(5-7-24)19-34-14-16-35(17-15-34)20-23-10-12-33-13-11-23/h4-13,18,21,36H,14-17,19-20H2,1-3H3. The Morgan fingerprint density at radius 2 is 1.41 bits per heavy atom. The number of benzene rings is 2. The molecular weight excluding hydrogens is 479 g/mol. The SMILES string of the molecule is CC(C)Oc1cc(C(C)(O)C(F)(F)F)ccc1-c1ccc(CN2CCN(Cc3ccncc3)CC2)cc1. The number of hydrogen-bond donors (Lipinski definition) is 1. The summed E-state index contributed by atoms with van der Waals surface area (Å²) in [4.78, 5) is 8.96. The molecule has 0 bridgehead atoms. The molecule has 3 aromatic rings. The Morgan fingerprint density at radius 3 is 1.92 bits per heavy atom. The fourth-order valence-corrected chi connectivity index (χ4v) is 4.48. The lowest BCUT2D eigenvalue weighted by atomic mass is 9.92. The summed E-state index contributed by atoms with van der Waals surface area (Å²) in [5.41, 5.74) is 0.766. The molecule has 1 aromatic heterocycles. The first-order valence-corrected chi connectivity index (χ1v) is 12.6. The van der Waals surface area contributed by atoms with Gasteiger partial charge in [-0.25, -0.2) is 0 Å². The van der Waals surface area contributed by atoms with E-state index in [1.54, 1.807) is 6.07 Å². The first-order chi connectivity index (χ1) is 17.5. The predicted octanol–water partition coefficient (Wildman–Crippen LogP) is 5.62. The van der Waals surface area contributed by atoms with Crippen LogP contribution in [0.3, 0.4) is 0 Å². The summed E-state index contributed by atoms with van der Waals surface area (Å²) < 4.78 is 46.0. The topological polar surface area (TPSA) is 48.8 Å². The van der Waals surface area contributed by atoms with E-state index < -0.39 is 11.8 Å². The van der Waals surface area contributed by atoms with Crippen molar-refractivity contribution >= 4 is 0 Å². The van der Waals surface area contributed by atoms with Gasteiger partial charge in [0.05, 0.1) is 6.10 Å². The van der Waals surface area contributed by atoms with E-state index >= 15 is 0 Å². The number of aromatic nitrogens is 1. The van der Waals surface area contributed by atoms with Gasteiger partial charge in [-0.3, -0.25) is 14.8 Å². The Hall–Kier alpha value is -2.94. The second kappa shape index (κ2) is 11.2. The van der Waals surface area contributed by atoms with Crippen molar-refractivity contribution in [3.05, 3.63) is 83.7 Å². The lowest BCUT2D eigenvalue weighted by molar-refractivity contribution is -0.258. The molecule has 1 saturated heterocycles. The van der Waals surface area contributed by atoms with E-state index in [4.69, 9.17) is 4.74 Å². The minimum atomic E-state index is -4.80. The molecule has 0 saturated carbocycles. The normalized spacial score (nSPS) is 17.1. The molecular formula is C29H34F3N3O2. The van der Waals surface area contributed by atoms with Crippen LogP contribution in [-0.2, 0) is 18.7 Å². The summed E-state index contributed by atoms with van der Waals surface area (Å²) in [6.45, 7) is 10.1. The highest BCUT2D eigenvalue weighted by atomic mass is 19.4. The van der Waals surface area contributed by atoms with Crippen LogP contribution >= 0.6 is 0 Å². The zero-order valence-corrected chi connectivity index (χ0v) is 21.5. The number of rotatable bonds is 8. The lowest BCUT2D eigenvalue weighted by Crippen LogP contribution is -2.45. The van der Waals surface area contributed by atoms with Crippen LogP contribution in [0.2, 0.25) is 0 Å². The molecule has 0 amide bonds. The maximum Gasteiger partial charge on any atom is 0.421 e. The highest BCUT2D eigenvalue weighted by molar-refractivity contribution is 5.71. The molecule has 2 aromatic carbocycles. The van der Waals surface area contributed by atoms with Crippen LogP contribution < -0.4 is 4.74 Å². The largest absolute Gasteiger partial charge is 0.490 e. The van der Waals surface area contributed by atoms with Crippen LogP contribution in [-0.4, -0.2) is 58.3 Å². The van der Waals surface area contributed by atoms with E-state index in [0.29, 0.717) is 11.3 Å². The van der Waals surface area contributed by atoms with Crippen molar-refractivity contribution in [3.63, 3.8) is 0 Å². The Bertz CT molecular complexity index is 1160. The smallest absolute Gasteiger partial charge is 0.421 e. The molecule has 1 aliphatic heterocycles. The third-order valence-electron chi connectivity index (χ3n) is 6.75. The fourth-order valence-electron chi connectivity index (χ4n) is 4.48. The van der Waals surface area contributed by atoms with Gasteiger partial charge in [-0.05, 0) is 61.2 Å². The van der Waals surface area contributed by atoms with E-state index in [-0.39, 0.29) is 11.7 Å². The molecule has 37 heavy (non-hydrogen) atoms. The summed E-state index contributed by atoms with van der Waals surface area (Å²) in [5, 5.41) is 10.1. The molecule has 4 rings (SSSR count). The summed E-state index contributed by atoms with van der Waals surface area (Å²) >= 11 is 0. The number of alkyl halides is 3. The average molecular weight is 514 g/mol. The van der Waals surface area contributed by atoms with Crippen LogP contribution in [0.4, 0.5) is 13.2 Å². The van der Waals surface area contributed by atoms with Crippen LogP contribution in [0.15, 0.2) is 67.0 Å². The second-order valence-electron chi connectivity index (χ2n) is 10.1. The molecule has 1 unspecified atom stereocenters. The van der Waals surface area contributed by atoms with Crippen LogP contribution in [0.25, 0.3) is 11.1 Å². The van der Waals surface area contributed by atoms with Crippen molar-refractivity contribution in [2.75, 3.05) is 26.2 Å². The number of aliphatic hydroxyl groups is 1. The first-order valence-electron chi connectivity index (χ1n) is 12.6. The molecule has 2 heterocycles. The maximum absolute atomic E-state index is 13.4. The van der Waals surface area contributed by atoms with Gasteiger partial charge in [-0.1, -0.05) is 36.4 Å². The third kappa shape index (κ3) is 6.69. The number of nitrogens with zero attached hydrogens (tertiary/aromatic N) is 3. The quantitative estimate of drug-likeness (QED) is 0.424. The van der Waals surface area contributed by atoms with Crippen LogP contribution in [0.1, 0.15) is 37.5 Å². The maximum atomic E-state index is 13.4. The highest BCUT2D eigenvalue weighted by Gasteiger charge is 2.51. The number of piperazine rings is 1. The summed E-state index contributed by atoms with van der Waals surface area (Å²) in [5.74, 6) is 0.315. The van der Waals surface area contributed by atoms with E-state index in [0.717, 1.165) is 51.8 Å². The Labute approximate surface area is 216 Å². The van der Waals surface area contributed by atoms with Crippen molar-refractivity contribution in [1.82, 2.24) is 14.8 Å². The highest BCUT2D eigenvalue weighted by Crippen LogP contribution is 2.42. The molecule has 0 spiro atoms. The molecule has 198 valence electrons. The molecule has 0 aliphatic carbocycles. The van der Waals surface area contributed by atoms with E-state index in [2.05, 4.69) is 39.0 Å². The minimum absolute atomic E-state index is 0.235.